The van der Waals surface area contributed by atoms with Gasteiger partial charge in [-0.3, -0.25) is 4.79 Å². The zero-order valence-electron chi connectivity index (χ0n) is 12.1. The summed E-state index contributed by atoms with van der Waals surface area (Å²) in [6, 6.07) is -0.0157. The molecule has 6 heteroatoms. The van der Waals surface area contributed by atoms with E-state index < -0.39 is 11.9 Å². The third kappa shape index (κ3) is 3.85. The summed E-state index contributed by atoms with van der Waals surface area (Å²) in [5, 5.41) is 14.8. The van der Waals surface area contributed by atoms with E-state index in [4.69, 9.17) is 5.11 Å². The van der Waals surface area contributed by atoms with Gasteiger partial charge in [-0.2, -0.15) is 0 Å². The first-order valence-electron chi connectivity index (χ1n) is 7.59. The van der Waals surface area contributed by atoms with Crippen molar-refractivity contribution in [2.24, 2.45) is 11.8 Å². The molecule has 3 rings (SSSR count). The van der Waals surface area contributed by atoms with Crippen LogP contribution in [0.25, 0.3) is 0 Å². The number of amides is 2. The molecule has 114 valence electrons. The van der Waals surface area contributed by atoms with Gasteiger partial charge in [-0.25, -0.2) is 4.79 Å². The molecule has 0 radical (unpaired) electrons. The van der Waals surface area contributed by atoms with Crippen molar-refractivity contribution in [3.8, 4) is 0 Å². The summed E-state index contributed by atoms with van der Waals surface area (Å²) >= 11 is 0. The molecule has 3 heterocycles. The number of fused-ring (bicyclic) bond motifs is 3. The van der Waals surface area contributed by atoms with E-state index in [1.807, 2.05) is 6.92 Å². The van der Waals surface area contributed by atoms with Crippen molar-refractivity contribution in [3.05, 3.63) is 0 Å². The molecule has 0 aromatic carbocycles. The van der Waals surface area contributed by atoms with Gasteiger partial charge in [0.05, 0.1) is 5.92 Å². The number of nitrogens with zero attached hydrogens (tertiary/aromatic N) is 1. The minimum Gasteiger partial charge on any atom is -0.481 e. The van der Waals surface area contributed by atoms with Crippen molar-refractivity contribution in [2.75, 3.05) is 26.2 Å². The lowest BCUT2D eigenvalue weighted by atomic mass is 9.84. The van der Waals surface area contributed by atoms with Gasteiger partial charge in [0.2, 0.25) is 0 Å². The van der Waals surface area contributed by atoms with Crippen LogP contribution in [-0.4, -0.2) is 54.2 Å². The number of hydrogen-bond acceptors (Lipinski definition) is 3. The Morgan fingerprint density at radius 1 is 1.35 bits per heavy atom. The number of aliphatic carboxylic acids is 1. The second-order valence-electron chi connectivity index (χ2n) is 5.92. The average molecular weight is 283 g/mol. The lowest BCUT2D eigenvalue weighted by Gasteiger charge is -2.44. The van der Waals surface area contributed by atoms with E-state index >= 15 is 0 Å². The second-order valence-corrected chi connectivity index (χ2v) is 5.92. The summed E-state index contributed by atoms with van der Waals surface area (Å²) in [7, 11) is 0. The van der Waals surface area contributed by atoms with Gasteiger partial charge in [0.15, 0.2) is 0 Å². The fraction of sp³-hybridized carbons (Fsp3) is 0.857. The molecule has 3 aliphatic heterocycles. The van der Waals surface area contributed by atoms with E-state index in [1.165, 1.54) is 0 Å². The van der Waals surface area contributed by atoms with Crippen molar-refractivity contribution in [1.82, 2.24) is 15.5 Å². The predicted octanol–water partition coefficient (Wildman–Crippen LogP) is 0.881. The molecule has 2 amide bonds. The number of piperidine rings is 3. The Hall–Kier alpha value is -1.30. The summed E-state index contributed by atoms with van der Waals surface area (Å²) < 4.78 is 0. The molecule has 6 nitrogen and oxygen atoms in total. The lowest BCUT2D eigenvalue weighted by Crippen LogP contribution is -2.58. The summed E-state index contributed by atoms with van der Waals surface area (Å²) in [5.74, 6) is -0.746. The molecular weight excluding hydrogens is 258 g/mol. The number of urea groups is 1. The van der Waals surface area contributed by atoms with E-state index in [1.54, 1.807) is 0 Å². The van der Waals surface area contributed by atoms with Crippen LogP contribution in [0.15, 0.2) is 0 Å². The van der Waals surface area contributed by atoms with Crippen LogP contribution in [0.5, 0.6) is 0 Å². The van der Waals surface area contributed by atoms with Gasteiger partial charge in [0.1, 0.15) is 0 Å². The number of rotatable bonds is 6. The van der Waals surface area contributed by atoms with Crippen molar-refractivity contribution < 1.29 is 14.7 Å². The molecule has 0 aromatic heterocycles. The van der Waals surface area contributed by atoms with E-state index in [0.29, 0.717) is 12.3 Å². The number of carboxylic acids is 1. The van der Waals surface area contributed by atoms with Crippen LogP contribution in [0, 0.1) is 11.8 Å². The largest absolute Gasteiger partial charge is 0.481 e. The Morgan fingerprint density at radius 3 is 2.55 bits per heavy atom. The molecule has 0 spiro atoms. The zero-order chi connectivity index (χ0) is 14.5. The minimum absolute atomic E-state index is 0.204. The van der Waals surface area contributed by atoms with Crippen LogP contribution >= 0.6 is 0 Å². The molecule has 3 fully saturated rings. The van der Waals surface area contributed by atoms with Crippen LogP contribution in [0.3, 0.4) is 0 Å². The van der Waals surface area contributed by atoms with Crippen molar-refractivity contribution >= 4 is 12.0 Å². The fourth-order valence-corrected chi connectivity index (χ4v) is 3.23. The molecular formula is C14H25N3O3. The van der Waals surface area contributed by atoms with Gasteiger partial charge in [-0.15, -0.1) is 0 Å². The molecule has 2 atom stereocenters. The number of carboxylic acid groups (broad SMARTS) is 1. The quantitative estimate of drug-likeness (QED) is 0.676. The third-order valence-corrected chi connectivity index (χ3v) is 4.47. The highest BCUT2D eigenvalue weighted by Crippen LogP contribution is 2.27. The minimum atomic E-state index is -0.838. The van der Waals surface area contributed by atoms with E-state index in [0.717, 1.165) is 38.9 Å². The Kier molecular flexibility index (Phi) is 5.23. The maximum absolute atomic E-state index is 11.9. The average Bonchev–Trinajstić information content (AvgIpc) is 2.44. The first-order chi connectivity index (χ1) is 9.60. The van der Waals surface area contributed by atoms with Crippen LogP contribution < -0.4 is 10.6 Å². The van der Waals surface area contributed by atoms with Crippen molar-refractivity contribution in [2.45, 2.75) is 38.6 Å². The first kappa shape index (κ1) is 15.1. The van der Waals surface area contributed by atoms with Gasteiger partial charge < -0.3 is 20.6 Å². The molecule has 2 unspecified atom stereocenters. The van der Waals surface area contributed by atoms with Gasteiger partial charge in [-0.05, 0) is 38.3 Å². The molecule has 3 saturated heterocycles. The summed E-state index contributed by atoms with van der Waals surface area (Å²) in [5.41, 5.74) is 0. The standard InChI is InChI=1S/C14H25N3O3/c1-2-3-11(13(18)19)8-15-14(20)16-12-9-17-6-4-10(12)5-7-17/h10-12H,2-9H2,1H3,(H,18,19)(H2,15,16,20). The Bertz CT molecular complexity index is 354. The number of carbonyl (C=O) groups excluding carboxylic acids is 1. The number of carbonyl (C=O) groups is 2. The highest BCUT2D eigenvalue weighted by atomic mass is 16.4. The Morgan fingerprint density at radius 2 is 2.05 bits per heavy atom. The summed E-state index contributed by atoms with van der Waals surface area (Å²) in [6.07, 6.45) is 3.70. The van der Waals surface area contributed by atoms with Crippen molar-refractivity contribution in [3.63, 3.8) is 0 Å². The Labute approximate surface area is 119 Å². The SMILES string of the molecule is CCCC(CNC(=O)NC1CN2CCC1CC2)C(=O)O. The second kappa shape index (κ2) is 6.92. The highest BCUT2D eigenvalue weighted by Gasteiger charge is 2.34. The molecule has 3 N–H and O–H groups in total. The monoisotopic (exact) mass is 283 g/mol. The van der Waals surface area contributed by atoms with E-state index in [-0.39, 0.29) is 18.6 Å². The molecule has 20 heavy (non-hydrogen) atoms. The molecule has 2 bridgehead atoms. The van der Waals surface area contributed by atoms with Crippen molar-refractivity contribution in [1.29, 1.82) is 0 Å². The molecule has 3 aliphatic rings. The van der Waals surface area contributed by atoms with Crippen LogP contribution in [-0.2, 0) is 4.79 Å². The van der Waals surface area contributed by atoms with Gasteiger partial charge in [0.25, 0.3) is 0 Å². The van der Waals surface area contributed by atoms with Crippen LogP contribution in [0.1, 0.15) is 32.6 Å². The summed E-state index contributed by atoms with van der Waals surface area (Å²) in [6.45, 7) is 5.36. The topological polar surface area (TPSA) is 81.7 Å². The van der Waals surface area contributed by atoms with E-state index in [2.05, 4.69) is 15.5 Å². The van der Waals surface area contributed by atoms with Crippen LogP contribution in [0.4, 0.5) is 4.79 Å². The van der Waals surface area contributed by atoms with Gasteiger partial charge >= 0.3 is 12.0 Å². The van der Waals surface area contributed by atoms with Gasteiger partial charge in [0, 0.05) is 19.1 Å². The number of hydrogen-bond donors (Lipinski definition) is 3. The third-order valence-electron chi connectivity index (χ3n) is 4.47. The smallest absolute Gasteiger partial charge is 0.315 e. The zero-order valence-corrected chi connectivity index (χ0v) is 12.1. The lowest BCUT2D eigenvalue weighted by molar-refractivity contribution is -0.141. The van der Waals surface area contributed by atoms with Gasteiger partial charge in [-0.1, -0.05) is 13.3 Å². The number of nitrogens with one attached hydrogen (secondary N) is 2. The maximum atomic E-state index is 11.9. The molecule has 0 aromatic rings. The Balaban J connectivity index is 1.73. The highest BCUT2D eigenvalue weighted by molar-refractivity contribution is 5.76. The normalized spacial score (nSPS) is 29.8. The fourth-order valence-electron chi connectivity index (χ4n) is 3.23. The molecule has 0 aliphatic carbocycles. The van der Waals surface area contributed by atoms with E-state index in [9.17, 15) is 9.59 Å². The molecule has 0 saturated carbocycles. The maximum Gasteiger partial charge on any atom is 0.315 e. The predicted molar refractivity (Wildman–Crippen MR) is 75.5 cm³/mol. The first-order valence-corrected chi connectivity index (χ1v) is 7.59. The summed E-state index contributed by atoms with van der Waals surface area (Å²) in [4.78, 5) is 25.3. The van der Waals surface area contributed by atoms with Crippen LogP contribution in [0.2, 0.25) is 0 Å².